The largest absolute Gasteiger partial charge is 0.401 e. The van der Waals surface area contributed by atoms with Crippen LogP contribution in [0.2, 0.25) is 0 Å². The van der Waals surface area contributed by atoms with E-state index in [1.807, 2.05) is 0 Å². The Hall–Kier alpha value is -0.330. The molecule has 0 amide bonds. The van der Waals surface area contributed by atoms with E-state index in [2.05, 4.69) is 10.6 Å². The predicted octanol–water partition coefficient (Wildman–Crippen LogP) is 0.253. The second-order valence-corrected chi connectivity index (χ2v) is 3.69. The molecule has 0 aromatic carbocycles. The van der Waals surface area contributed by atoms with E-state index in [1.165, 1.54) is 0 Å². The minimum Gasteiger partial charge on any atom is -0.388 e. The smallest absolute Gasteiger partial charge is 0.388 e. The normalized spacial score (nSPS) is 22.3. The Kier molecular flexibility index (Phi) is 3.74. The highest BCUT2D eigenvalue weighted by Crippen LogP contribution is 2.18. The standard InChI is InChI=1S/C8H15F3N2O/c9-8(10,11)6-13-5-7(14)1-3-12-4-2-7/h12-14H,1-6H2. The average molecular weight is 212 g/mol. The number of hydrogen-bond donors (Lipinski definition) is 3. The lowest BCUT2D eigenvalue weighted by Gasteiger charge is -2.32. The summed E-state index contributed by atoms with van der Waals surface area (Å²) in [5, 5.41) is 15.1. The summed E-state index contributed by atoms with van der Waals surface area (Å²) in [6.45, 7) is 0.283. The first-order valence-corrected chi connectivity index (χ1v) is 4.62. The molecule has 6 heteroatoms. The Morgan fingerprint density at radius 3 is 2.36 bits per heavy atom. The maximum absolute atomic E-state index is 11.8. The van der Waals surface area contributed by atoms with Crippen LogP contribution in [0.25, 0.3) is 0 Å². The third-order valence-electron chi connectivity index (χ3n) is 2.31. The molecule has 3 nitrogen and oxygen atoms in total. The summed E-state index contributed by atoms with van der Waals surface area (Å²) in [5.41, 5.74) is -0.976. The van der Waals surface area contributed by atoms with E-state index in [4.69, 9.17) is 0 Å². The first-order chi connectivity index (χ1) is 6.41. The predicted molar refractivity (Wildman–Crippen MR) is 46.0 cm³/mol. The van der Waals surface area contributed by atoms with Gasteiger partial charge in [0.05, 0.1) is 12.1 Å². The highest BCUT2D eigenvalue weighted by Gasteiger charge is 2.31. The molecule has 1 fully saturated rings. The van der Waals surface area contributed by atoms with E-state index < -0.39 is 18.3 Å². The molecule has 0 saturated carbocycles. The van der Waals surface area contributed by atoms with Gasteiger partial charge in [0, 0.05) is 6.54 Å². The molecule has 0 radical (unpaired) electrons. The summed E-state index contributed by atoms with van der Waals surface area (Å²) in [5.74, 6) is 0. The molecule has 0 unspecified atom stereocenters. The number of aliphatic hydroxyl groups is 1. The summed E-state index contributed by atoms with van der Waals surface area (Å²) in [6.07, 6.45) is -3.21. The SMILES string of the molecule is OC1(CNCC(F)(F)F)CCNCC1. The molecule has 1 heterocycles. The molecule has 1 saturated heterocycles. The van der Waals surface area contributed by atoms with Crippen molar-refractivity contribution in [2.24, 2.45) is 0 Å². The van der Waals surface area contributed by atoms with Gasteiger partial charge in [0.15, 0.2) is 0 Å². The fraction of sp³-hybridized carbons (Fsp3) is 1.00. The van der Waals surface area contributed by atoms with Gasteiger partial charge in [-0.1, -0.05) is 0 Å². The Labute approximate surface area is 80.7 Å². The molecule has 0 aromatic rings. The van der Waals surface area contributed by atoms with Crippen molar-refractivity contribution in [2.75, 3.05) is 26.2 Å². The van der Waals surface area contributed by atoms with Crippen LogP contribution in [0.1, 0.15) is 12.8 Å². The van der Waals surface area contributed by atoms with E-state index in [-0.39, 0.29) is 6.54 Å². The number of alkyl halides is 3. The maximum Gasteiger partial charge on any atom is 0.401 e. The third kappa shape index (κ3) is 4.26. The van der Waals surface area contributed by atoms with Crippen LogP contribution in [-0.2, 0) is 0 Å². The molecular formula is C8H15F3N2O. The molecular weight excluding hydrogens is 197 g/mol. The molecule has 3 N–H and O–H groups in total. The summed E-state index contributed by atoms with van der Waals surface area (Å²) in [4.78, 5) is 0. The lowest BCUT2D eigenvalue weighted by atomic mass is 9.92. The number of halogens is 3. The third-order valence-corrected chi connectivity index (χ3v) is 2.31. The quantitative estimate of drug-likeness (QED) is 0.628. The van der Waals surface area contributed by atoms with Crippen molar-refractivity contribution < 1.29 is 18.3 Å². The van der Waals surface area contributed by atoms with Crippen LogP contribution in [0.15, 0.2) is 0 Å². The van der Waals surface area contributed by atoms with Crippen LogP contribution in [0, 0.1) is 0 Å². The van der Waals surface area contributed by atoms with E-state index in [0.29, 0.717) is 25.9 Å². The molecule has 0 aliphatic carbocycles. The van der Waals surface area contributed by atoms with Crippen molar-refractivity contribution in [1.82, 2.24) is 10.6 Å². The highest BCUT2D eigenvalue weighted by atomic mass is 19.4. The van der Waals surface area contributed by atoms with Gasteiger partial charge in [-0.05, 0) is 25.9 Å². The minimum absolute atomic E-state index is 0.00812. The molecule has 0 bridgehead atoms. The van der Waals surface area contributed by atoms with E-state index in [1.54, 1.807) is 0 Å². The minimum atomic E-state index is -4.21. The monoisotopic (exact) mass is 212 g/mol. The van der Waals surface area contributed by atoms with Gasteiger partial charge in [-0.2, -0.15) is 13.2 Å². The fourth-order valence-corrected chi connectivity index (χ4v) is 1.51. The van der Waals surface area contributed by atoms with E-state index in [0.717, 1.165) is 0 Å². The molecule has 1 aliphatic heterocycles. The van der Waals surface area contributed by atoms with Gasteiger partial charge in [-0.25, -0.2) is 0 Å². The van der Waals surface area contributed by atoms with Gasteiger partial charge in [0.1, 0.15) is 0 Å². The topological polar surface area (TPSA) is 44.3 Å². The number of nitrogens with one attached hydrogen (secondary N) is 2. The summed E-state index contributed by atoms with van der Waals surface area (Å²) in [7, 11) is 0. The fourth-order valence-electron chi connectivity index (χ4n) is 1.51. The Morgan fingerprint density at radius 2 is 1.86 bits per heavy atom. The van der Waals surface area contributed by atoms with Gasteiger partial charge in [-0.15, -0.1) is 0 Å². The van der Waals surface area contributed by atoms with Crippen molar-refractivity contribution in [3.8, 4) is 0 Å². The highest BCUT2D eigenvalue weighted by molar-refractivity contribution is 4.86. The van der Waals surface area contributed by atoms with Gasteiger partial charge >= 0.3 is 6.18 Å². The van der Waals surface area contributed by atoms with Gasteiger partial charge in [0.2, 0.25) is 0 Å². The number of piperidine rings is 1. The molecule has 0 atom stereocenters. The van der Waals surface area contributed by atoms with Crippen LogP contribution in [0.4, 0.5) is 13.2 Å². The zero-order valence-corrected chi connectivity index (χ0v) is 7.82. The van der Waals surface area contributed by atoms with Crippen molar-refractivity contribution in [3.05, 3.63) is 0 Å². The van der Waals surface area contributed by atoms with Crippen LogP contribution >= 0.6 is 0 Å². The summed E-state index contributed by atoms with van der Waals surface area (Å²) >= 11 is 0. The van der Waals surface area contributed by atoms with Crippen LogP contribution in [-0.4, -0.2) is 43.1 Å². The van der Waals surface area contributed by atoms with Crippen LogP contribution in [0.5, 0.6) is 0 Å². The molecule has 14 heavy (non-hydrogen) atoms. The van der Waals surface area contributed by atoms with Crippen molar-refractivity contribution in [3.63, 3.8) is 0 Å². The summed E-state index contributed by atoms with van der Waals surface area (Å²) in [6, 6.07) is 0. The summed E-state index contributed by atoms with van der Waals surface area (Å²) < 4.78 is 35.3. The second kappa shape index (κ2) is 4.46. The molecule has 0 aromatic heterocycles. The second-order valence-electron chi connectivity index (χ2n) is 3.69. The first kappa shape index (κ1) is 11.7. The number of hydrogen-bond acceptors (Lipinski definition) is 3. The molecule has 0 spiro atoms. The van der Waals surface area contributed by atoms with Crippen molar-refractivity contribution in [2.45, 2.75) is 24.6 Å². The first-order valence-electron chi connectivity index (χ1n) is 4.62. The van der Waals surface area contributed by atoms with E-state index in [9.17, 15) is 18.3 Å². The van der Waals surface area contributed by atoms with Gasteiger partial charge < -0.3 is 15.7 Å². The van der Waals surface area contributed by atoms with Crippen molar-refractivity contribution in [1.29, 1.82) is 0 Å². The molecule has 1 rings (SSSR count). The number of rotatable bonds is 3. The molecule has 84 valence electrons. The Balaban J connectivity index is 2.22. The zero-order valence-electron chi connectivity index (χ0n) is 7.82. The maximum atomic E-state index is 11.8. The van der Waals surface area contributed by atoms with Gasteiger partial charge in [-0.3, -0.25) is 0 Å². The lowest BCUT2D eigenvalue weighted by Crippen LogP contribution is -2.49. The van der Waals surface area contributed by atoms with Gasteiger partial charge in [0.25, 0.3) is 0 Å². The molecule has 1 aliphatic rings. The van der Waals surface area contributed by atoms with Crippen LogP contribution in [0.3, 0.4) is 0 Å². The van der Waals surface area contributed by atoms with Crippen molar-refractivity contribution >= 4 is 0 Å². The lowest BCUT2D eigenvalue weighted by molar-refractivity contribution is -0.127. The zero-order chi connectivity index (χ0) is 10.7. The average Bonchev–Trinajstić information content (AvgIpc) is 2.02. The Bertz CT molecular complexity index is 178. The van der Waals surface area contributed by atoms with E-state index >= 15 is 0 Å². The Morgan fingerprint density at radius 1 is 1.29 bits per heavy atom. The van der Waals surface area contributed by atoms with Crippen LogP contribution < -0.4 is 10.6 Å².